The Morgan fingerprint density at radius 1 is 0.588 bits per heavy atom. The van der Waals surface area contributed by atoms with Gasteiger partial charge in [-0.1, -0.05) is 51.9 Å². The first-order chi connectivity index (χ1) is 8.41. The summed E-state index contributed by atoms with van der Waals surface area (Å²) in [6, 6.07) is 0. The number of hydrogen-bond acceptors (Lipinski definition) is 2. The van der Waals surface area contributed by atoms with Crippen LogP contribution in [0.3, 0.4) is 0 Å². The second kappa shape index (κ2) is 15.9. The summed E-state index contributed by atoms with van der Waals surface area (Å²) < 4.78 is 10.6. The van der Waals surface area contributed by atoms with Crippen LogP contribution in [0.1, 0.15) is 71.1 Å². The summed E-state index contributed by atoms with van der Waals surface area (Å²) in [6.45, 7) is 5.09. The molecular weight excluding hydrogens is 212 g/mol. The van der Waals surface area contributed by atoms with Crippen molar-refractivity contribution in [1.29, 1.82) is 0 Å². The quantitative estimate of drug-likeness (QED) is 0.417. The van der Waals surface area contributed by atoms with E-state index in [-0.39, 0.29) is 0 Å². The lowest BCUT2D eigenvalue weighted by molar-refractivity contribution is 0.125. The lowest BCUT2D eigenvalue weighted by Crippen LogP contribution is -1.97. The average Bonchev–Trinajstić information content (AvgIpc) is 2.35. The Labute approximate surface area is 108 Å². The van der Waals surface area contributed by atoms with Crippen LogP contribution in [0.25, 0.3) is 0 Å². The molecule has 2 heteroatoms. The van der Waals surface area contributed by atoms with Gasteiger partial charge in [0, 0.05) is 26.9 Å². The van der Waals surface area contributed by atoms with Gasteiger partial charge in [-0.3, -0.25) is 0 Å². The Hall–Kier alpha value is -0.0800. The fraction of sp³-hybridized carbons (Fsp3) is 1.00. The van der Waals surface area contributed by atoms with E-state index in [0.717, 1.165) is 19.8 Å². The van der Waals surface area contributed by atoms with Crippen LogP contribution in [-0.4, -0.2) is 26.9 Å². The first kappa shape index (κ1) is 16.9. The van der Waals surface area contributed by atoms with Crippen LogP contribution in [0.2, 0.25) is 0 Å². The molecule has 0 fully saturated rings. The maximum atomic E-state index is 5.62. The van der Waals surface area contributed by atoms with Crippen molar-refractivity contribution in [3.05, 3.63) is 0 Å². The van der Waals surface area contributed by atoms with E-state index in [9.17, 15) is 0 Å². The van der Waals surface area contributed by atoms with Gasteiger partial charge in [-0.25, -0.2) is 0 Å². The molecule has 0 radical (unpaired) electrons. The standard InChI is InChI=1S/C15H32O2/c1-3-4-5-7-11-14-17-15-12-9-6-8-10-13-16-2/h3-15H2,1-2H3. The third-order valence-electron chi connectivity index (χ3n) is 3.03. The van der Waals surface area contributed by atoms with E-state index < -0.39 is 0 Å². The molecule has 0 aromatic carbocycles. The molecule has 0 aliphatic rings. The molecule has 0 saturated carbocycles. The topological polar surface area (TPSA) is 18.5 Å². The second-order valence-corrected chi connectivity index (χ2v) is 4.79. The van der Waals surface area contributed by atoms with Gasteiger partial charge in [-0.05, 0) is 19.3 Å². The molecule has 0 amide bonds. The van der Waals surface area contributed by atoms with Gasteiger partial charge in [0.1, 0.15) is 0 Å². The molecule has 0 bridgehead atoms. The van der Waals surface area contributed by atoms with Gasteiger partial charge >= 0.3 is 0 Å². The van der Waals surface area contributed by atoms with Gasteiger partial charge in [0.05, 0.1) is 0 Å². The molecule has 0 rings (SSSR count). The summed E-state index contributed by atoms with van der Waals surface area (Å²) >= 11 is 0. The van der Waals surface area contributed by atoms with E-state index in [1.807, 2.05) is 0 Å². The van der Waals surface area contributed by atoms with E-state index in [0.29, 0.717) is 0 Å². The predicted molar refractivity (Wildman–Crippen MR) is 74.5 cm³/mol. The first-order valence-electron chi connectivity index (χ1n) is 7.48. The van der Waals surface area contributed by atoms with Gasteiger partial charge in [0.25, 0.3) is 0 Å². The van der Waals surface area contributed by atoms with Gasteiger partial charge in [0.2, 0.25) is 0 Å². The number of ether oxygens (including phenoxy) is 2. The maximum Gasteiger partial charge on any atom is 0.0466 e. The summed E-state index contributed by atoms with van der Waals surface area (Å²) in [5.41, 5.74) is 0. The normalized spacial score (nSPS) is 10.9. The van der Waals surface area contributed by atoms with Crippen molar-refractivity contribution in [1.82, 2.24) is 0 Å². The van der Waals surface area contributed by atoms with Crippen molar-refractivity contribution in [2.75, 3.05) is 26.9 Å². The molecule has 0 aromatic rings. The third-order valence-corrected chi connectivity index (χ3v) is 3.03. The van der Waals surface area contributed by atoms with E-state index in [1.165, 1.54) is 64.2 Å². The molecule has 0 heterocycles. The SMILES string of the molecule is CCCCCCCOCCCCCCCOC. The number of hydrogen-bond donors (Lipinski definition) is 0. The summed E-state index contributed by atoms with van der Waals surface area (Å²) in [7, 11) is 1.77. The fourth-order valence-electron chi connectivity index (χ4n) is 1.89. The van der Waals surface area contributed by atoms with E-state index >= 15 is 0 Å². The van der Waals surface area contributed by atoms with Crippen molar-refractivity contribution in [2.45, 2.75) is 71.1 Å². The van der Waals surface area contributed by atoms with Gasteiger partial charge in [-0.15, -0.1) is 0 Å². The van der Waals surface area contributed by atoms with Crippen LogP contribution in [0.5, 0.6) is 0 Å². The minimum absolute atomic E-state index is 0.911. The smallest absolute Gasteiger partial charge is 0.0466 e. The van der Waals surface area contributed by atoms with Crippen molar-refractivity contribution < 1.29 is 9.47 Å². The molecular formula is C15H32O2. The molecule has 0 spiro atoms. The zero-order chi connectivity index (χ0) is 12.6. The Morgan fingerprint density at radius 2 is 1.06 bits per heavy atom. The summed E-state index contributed by atoms with van der Waals surface area (Å²) in [5, 5.41) is 0. The molecule has 0 aliphatic carbocycles. The molecule has 2 nitrogen and oxygen atoms in total. The van der Waals surface area contributed by atoms with Gasteiger partial charge in [0.15, 0.2) is 0 Å². The molecule has 17 heavy (non-hydrogen) atoms. The van der Waals surface area contributed by atoms with Crippen LogP contribution in [0.4, 0.5) is 0 Å². The number of rotatable bonds is 14. The number of methoxy groups -OCH3 is 1. The van der Waals surface area contributed by atoms with Crippen molar-refractivity contribution in [3.8, 4) is 0 Å². The van der Waals surface area contributed by atoms with Gasteiger partial charge < -0.3 is 9.47 Å². The average molecular weight is 244 g/mol. The second-order valence-electron chi connectivity index (χ2n) is 4.79. The summed E-state index contributed by atoms with van der Waals surface area (Å²) in [6.07, 6.45) is 13.0. The molecule has 0 atom stereocenters. The fourth-order valence-corrected chi connectivity index (χ4v) is 1.89. The highest BCUT2D eigenvalue weighted by molar-refractivity contribution is 4.45. The van der Waals surface area contributed by atoms with Gasteiger partial charge in [-0.2, -0.15) is 0 Å². The minimum atomic E-state index is 0.911. The number of unbranched alkanes of at least 4 members (excludes halogenated alkanes) is 8. The first-order valence-corrected chi connectivity index (χ1v) is 7.48. The van der Waals surface area contributed by atoms with Crippen LogP contribution in [0, 0.1) is 0 Å². The Balaban J connectivity index is 2.85. The Morgan fingerprint density at radius 3 is 1.59 bits per heavy atom. The highest BCUT2D eigenvalue weighted by Crippen LogP contribution is 2.05. The third kappa shape index (κ3) is 15.9. The van der Waals surface area contributed by atoms with Crippen molar-refractivity contribution in [2.24, 2.45) is 0 Å². The van der Waals surface area contributed by atoms with Crippen LogP contribution >= 0.6 is 0 Å². The molecule has 0 saturated heterocycles. The summed E-state index contributed by atoms with van der Waals surface area (Å²) in [5.74, 6) is 0. The largest absolute Gasteiger partial charge is 0.385 e. The van der Waals surface area contributed by atoms with Crippen molar-refractivity contribution >= 4 is 0 Å². The van der Waals surface area contributed by atoms with Crippen molar-refractivity contribution in [3.63, 3.8) is 0 Å². The van der Waals surface area contributed by atoms with E-state index in [1.54, 1.807) is 7.11 Å². The molecule has 0 aromatic heterocycles. The Bertz CT molecular complexity index is 112. The molecule has 104 valence electrons. The highest BCUT2D eigenvalue weighted by atomic mass is 16.5. The summed E-state index contributed by atoms with van der Waals surface area (Å²) in [4.78, 5) is 0. The maximum absolute atomic E-state index is 5.62. The zero-order valence-electron chi connectivity index (χ0n) is 12.0. The molecule has 0 unspecified atom stereocenters. The lowest BCUT2D eigenvalue weighted by atomic mass is 10.1. The van der Waals surface area contributed by atoms with E-state index in [4.69, 9.17) is 9.47 Å². The molecule has 0 aliphatic heterocycles. The molecule has 0 N–H and O–H groups in total. The Kier molecular flexibility index (Phi) is 15.8. The minimum Gasteiger partial charge on any atom is -0.385 e. The highest BCUT2D eigenvalue weighted by Gasteiger charge is 1.92. The lowest BCUT2D eigenvalue weighted by Gasteiger charge is -2.04. The van der Waals surface area contributed by atoms with Crippen LogP contribution in [-0.2, 0) is 9.47 Å². The monoisotopic (exact) mass is 244 g/mol. The van der Waals surface area contributed by atoms with Crippen LogP contribution in [0.15, 0.2) is 0 Å². The van der Waals surface area contributed by atoms with Crippen LogP contribution < -0.4 is 0 Å². The zero-order valence-corrected chi connectivity index (χ0v) is 12.0. The predicted octanol–water partition coefficient (Wildman–Crippen LogP) is 4.57. The van der Waals surface area contributed by atoms with E-state index in [2.05, 4.69) is 6.92 Å².